The number of nitrogens with zero attached hydrogens (tertiary/aromatic N) is 3. The Hall–Kier alpha value is -0.860. The second-order valence-electron chi connectivity index (χ2n) is 3.41. The minimum absolute atomic E-state index is 0.783. The van der Waals surface area contributed by atoms with Crippen LogP contribution in [0.25, 0.3) is 0 Å². The van der Waals surface area contributed by atoms with E-state index in [0.29, 0.717) is 0 Å². The third kappa shape index (κ3) is 2.08. The maximum absolute atomic E-state index is 4.12. The zero-order valence-electron chi connectivity index (χ0n) is 9.04. The third-order valence-corrected chi connectivity index (χ3v) is 2.39. The first-order valence-corrected chi connectivity index (χ1v) is 5.16. The molecule has 1 unspecified atom stereocenters. The van der Waals surface area contributed by atoms with Crippen molar-refractivity contribution >= 4 is 0 Å². The summed E-state index contributed by atoms with van der Waals surface area (Å²) in [5.41, 5.74) is 0. The third-order valence-electron chi connectivity index (χ3n) is 2.39. The van der Waals surface area contributed by atoms with Crippen LogP contribution >= 0.6 is 0 Å². The first kappa shape index (κ1) is 10.2. The minimum Gasteiger partial charge on any atom is -0.315 e. The van der Waals surface area contributed by atoms with Gasteiger partial charge in [-0.05, 0) is 19.3 Å². The normalized spacial score (nSPS) is 20.2. The highest BCUT2D eigenvalue weighted by atomic mass is 15.3. The van der Waals surface area contributed by atoms with E-state index in [1.54, 1.807) is 0 Å². The highest BCUT2D eigenvalue weighted by Crippen LogP contribution is 2.18. The van der Waals surface area contributed by atoms with Gasteiger partial charge in [0.25, 0.3) is 0 Å². The summed E-state index contributed by atoms with van der Waals surface area (Å²) in [6.45, 7) is 9.40. The lowest BCUT2D eigenvalue weighted by Crippen LogP contribution is -2.17. The van der Waals surface area contributed by atoms with E-state index < -0.39 is 0 Å². The average molecular weight is 181 g/mol. The molecule has 0 bridgehead atoms. The van der Waals surface area contributed by atoms with Crippen LogP contribution in [0, 0.1) is 12.8 Å². The summed E-state index contributed by atoms with van der Waals surface area (Å²) >= 11 is 0. The minimum atomic E-state index is 0.783. The Labute approximate surface area is 80.2 Å². The Morgan fingerprint density at radius 1 is 1.31 bits per heavy atom. The summed E-state index contributed by atoms with van der Waals surface area (Å²) < 4.78 is 2.22. The van der Waals surface area contributed by atoms with Crippen LogP contribution in [0.3, 0.4) is 0 Å². The summed E-state index contributed by atoms with van der Waals surface area (Å²) in [7, 11) is 0. The van der Waals surface area contributed by atoms with Crippen molar-refractivity contribution in [1.29, 1.82) is 0 Å². The van der Waals surface area contributed by atoms with Crippen LogP contribution in [0.2, 0.25) is 0 Å². The van der Waals surface area contributed by atoms with Gasteiger partial charge in [-0.2, -0.15) is 0 Å². The van der Waals surface area contributed by atoms with E-state index in [1.165, 1.54) is 12.2 Å². The van der Waals surface area contributed by atoms with Crippen LogP contribution in [0.15, 0.2) is 0 Å². The topological polar surface area (TPSA) is 30.7 Å². The van der Waals surface area contributed by atoms with E-state index in [0.717, 1.165) is 24.7 Å². The zero-order valence-corrected chi connectivity index (χ0v) is 9.04. The first-order valence-electron chi connectivity index (χ1n) is 5.16. The van der Waals surface area contributed by atoms with Crippen molar-refractivity contribution in [3.05, 3.63) is 11.6 Å². The predicted molar refractivity (Wildman–Crippen MR) is 53.6 cm³/mol. The van der Waals surface area contributed by atoms with Crippen molar-refractivity contribution in [3.63, 3.8) is 0 Å². The number of fused-ring (bicyclic) bond motifs is 1. The van der Waals surface area contributed by atoms with E-state index in [2.05, 4.69) is 21.7 Å². The lowest BCUT2D eigenvalue weighted by molar-refractivity contribution is 0.405. The average Bonchev–Trinajstić information content (AvgIpc) is 2.51. The molecule has 3 heteroatoms. The van der Waals surface area contributed by atoms with Gasteiger partial charge in [0.05, 0.1) is 0 Å². The molecular formula is C10H19N3. The highest BCUT2D eigenvalue weighted by Gasteiger charge is 2.17. The molecule has 1 aliphatic rings. The van der Waals surface area contributed by atoms with Gasteiger partial charge in [-0.15, -0.1) is 10.2 Å². The molecule has 3 nitrogen and oxygen atoms in total. The maximum Gasteiger partial charge on any atom is 0.133 e. The summed E-state index contributed by atoms with van der Waals surface area (Å²) in [6, 6.07) is 0. The lowest BCUT2D eigenvalue weighted by Gasteiger charge is -2.19. The number of aromatic nitrogens is 3. The Kier molecular flexibility index (Phi) is 3.46. The molecule has 2 heterocycles. The lowest BCUT2D eigenvalue weighted by atomic mass is 10.0. The van der Waals surface area contributed by atoms with Crippen molar-refractivity contribution < 1.29 is 0 Å². The van der Waals surface area contributed by atoms with E-state index in [4.69, 9.17) is 0 Å². The van der Waals surface area contributed by atoms with Gasteiger partial charge in [-0.25, -0.2) is 0 Å². The highest BCUT2D eigenvalue weighted by molar-refractivity contribution is 4.97. The molecule has 1 atom stereocenters. The fourth-order valence-electron chi connectivity index (χ4n) is 1.63. The molecule has 0 N–H and O–H groups in total. The molecule has 0 radical (unpaired) electrons. The standard InChI is InChI=1S/C8H13N3.C2H6/c1-6-3-4-11-7(2)9-10-8(11)5-6;1-2/h6H,3-5H2,1-2H3;1-2H3. The molecule has 13 heavy (non-hydrogen) atoms. The molecule has 2 rings (SSSR count). The Morgan fingerprint density at radius 2 is 2.00 bits per heavy atom. The molecule has 0 amide bonds. The smallest absolute Gasteiger partial charge is 0.133 e. The van der Waals surface area contributed by atoms with Crippen molar-refractivity contribution in [3.8, 4) is 0 Å². The van der Waals surface area contributed by atoms with Crippen LogP contribution in [-0.2, 0) is 13.0 Å². The van der Waals surface area contributed by atoms with Crippen molar-refractivity contribution in [1.82, 2.24) is 14.8 Å². The van der Waals surface area contributed by atoms with Gasteiger partial charge >= 0.3 is 0 Å². The van der Waals surface area contributed by atoms with Crippen molar-refractivity contribution in [2.45, 2.75) is 47.1 Å². The molecule has 1 aliphatic heterocycles. The van der Waals surface area contributed by atoms with Gasteiger partial charge in [0.2, 0.25) is 0 Å². The monoisotopic (exact) mass is 181 g/mol. The molecule has 0 saturated heterocycles. The van der Waals surface area contributed by atoms with Crippen LogP contribution in [0.5, 0.6) is 0 Å². The summed E-state index contributed by atoms with van der Waals surface area (Å²) in [4.78, 5) is 0. The van der Waals surface area contributed by atoms with Gasteiger partial charge in [0, 0.05) is 13.0 Å². The largest absolute Gasteiger partial charge is 0.315 e. The molecule has 1 aromatic rings. The van der Waals surface area contributed by atoms with E-state index in [1.807, 2.05) is 20.8 Å². The van der Waals surface area contributed by atoms with E-state index in [9.17, 15) is 0 Å². The van der Waals surface area contributed by atoms with Gasteiger partial charge in [-0.1, -0.05) is 20.8 Å². The fraction of sp³-hybridized carbons (Fsp3) is 0.800. The van der Waals surface area contributed by atoms with Crippen molar-refractivity contribution in [2.75, 3.05) is 0 Å². The molecule has 1 aromatic heterocycles. The Morgan fingerprint density at radius 3 is 2.69 bits per heavy atom. The predicted octanol–water partition coefficient (Wildman–Crippen LogP) is 2.20. The first-order chi connectivity index (χ1) is 6.27. The Bertz CT molecular complexity index is 265. The van der Waals surface area contributed by atoms with Gasteiger partial charge in [0.15, 0.2) is 0 Å². The second-order valence-corrected chi connectivity index (χ2v) is 3.41. The van der Waals surface area contributed by atoms with Crippen molar-refractivity contribution in [2.24, 2.45) is 5.92 Å². The second kappa shape index (κ2) is 4.40. The summed E-state index contributed by atoms with van der Waals surface area (Å²) in [5.74, 6) is 3.01. The fourth-order valence-corrected chi connectivity index (χ4v) is 1.63. The number of hydrogen-bond donors (Lipinski definition) is 0. The SMILES string of the molecule is CC.Cc1nnc2n1CCC(C)C2. The molecule has 0 fully saturated rings. The molecular weight excluding hydrogens is 162 g/mol. The molecule has 0 aliphatic carbocycles. The maximum atomic E-state index is 4.12. The van der Waals surface area contributed by atoms with Crippen LogP contribution < -0.4 is 0 Å². The van der Waals surface area contributed by atoms with Gasteiger partial charge < -0.3 is 4.57 Å². The molecule has 74 valence electrons. The summed E-state index contributed by atoms with van der Waals surface area (Å²) in [5, 5.41) is 8.17. The Balaban J connectivity index is 0.000000396. The van der Waals surface area contributed by atoms with Crippen LogP contribution in [0.4, 0.5) is 0 Å². The van der Waals surface area contributed by atoms with Crippen LogP contribution in [-0.4, -0.2) is 14.8 Å². The van der Waals surface area contributed by atoms with Crippen LogP contribution in [0.1, 0.15) is 38.8 Å². The summed E-state index contributed by atoms with van der Waals surface area (Å²) in [6.07, 6.45) is 2.37. The van der Waals surface area contributed by atoms with Gasteiger partial charge in [-0.3, -0.25) is 0 Å². The quantitative estimate of drug-likeness (QED) is 0.614. The number of aryl methyl sites for hydroxylation is 1. The molecule has 0 aromatic carbocycles. The van der Waals surface area contributed by atoms with E-state index >= 15 is 0 Å². The van der Waals surface area contributed by atoms with Gasteiger partial charge in [0.1, 0.15) is 11.6 Å². The molecule has 0 spiro atoms. The number of hydrogen-bond acceptors (Lipinski definition) is 2. The number of rotatable bonds is 0. The van der Waals surface area contributed by atoms with E-state index in [-0.39, 0.29) is 0 Å². The molecule has 0 saturated carbocycles. The zero-order chi connectivity index (χ0) is 9.84.